The average Bonchev–Trinajstić information content (AvgIpc) is 3.22. The van der Waals surface area contributed by atoms with Crippen molar-refractivity contribution in [2.75, 3.05) is 13.2 Å². The molecule has 0 amide bonds. The minimum absolute atomic E-state index is 0.0288. The molecule has 1 heterocycles. The predicted octanol–water partition coefficient (Wildman–Crippen LogP) is 6.74. The van der Waals surface area contributed by atoms with Gasteiger partial charge in [0.15, 0.2) is 11.8 Å². The van der Waals surface area contributed by atoms with Gasteiger partial charge >= 0.3 is 5.97 Å². The summed E-state index contributed by atoms with van der Waals surface area (Å²) in [7, 11) is 0. The summed E-state index contributed by atoms with van der Waals surface area (Å²) in [5.41, 5.74) is 2.21. The highest BCUT2D eigenvalue weighted by molar-refractivity contribution is 6.32. The second-order valence-corrected chi connectivity index (χ2v) is 10.9. The molecule has 1 fully saturated rings. The Morgan fingerprint density at radius 1 is 1.03 bits per heavy atom. The molecule has 1 saturated carbocycles. The molecule has 0 radical (unpaired) electrons. The fourth-order valence-corrected chi connectivity index (χ4v) is 5.54. The molecule has 0 bridgehead atoms. The molecule has 2 aromatic carbocycles. The number of benzene rings is 2. The van der Waals surface area contributed by atoms with Gasteiger partial charge in [0, 0.05) is 36.3 Å². The molecule has 38 heavy (non-hydrogen) atoms. The van der Waals surface area contributed by atoms with Gasteiger partial charge in [0.05, 0.1) is 17.5 Å². The van der Waals surface area contributed by atoms with Crippen molar-refractivity contribution in [2.24, 2.45) is 11.8 Å². The maximum absolute atomic E-state index is 11.4. The quantitative estimate of drug-likeness (QED) is 0.240. The van der Waals surface area contributed by atoms with Crippen molar-refractivity contribution in [3.63, 3.8) is 0 Å². The van der Waals surface area contributed by atoms with Gasteiger partial charge in [0.25, 0.3) is 0 Å². The third-order valence-corrected chi connectivity index (χ3v) is 8.03. The van der Waals surface area contributed by atoms with Gasteiger partial charge in [-0.3, -0.25) is 14.3 Å². The maximum Gasteiger partial charge on any atom is 0.306 e. The summed E-state index contributed by atoms with van der Waals surface area (Å²) in [6.45, 7) is 4.22. The van der Waals surface area contributed by atoms with Gasteiger partial charge in [-0.2, -0.15) is 0 Å². The fraction of sp³-hybridized carbons (Fsp3) is 0.414. The van der Waals surface area contributed by atoms with Crippen LogP contribution in [0.3, 0.4) is 0 Å². The van der Waals surface area contributed by atoms with E-state index in [-0.39, 0.29) is 36.9 Å². The summed E-state index contributed by atoms with van der Waals surface area (Å²) in [6, 6.07) is 16.6. The molecule has 0 spiro atoms. The largest absolute Gasteiger partial charge is 0.494 e. The predicted molar refractivity (Wildman–Crippen MR) is 148 cm³/mol. The first-order valence-corrected chi connectivity index (χ1v) is 13.7. The number of aromatic hydroxyl groups is 2. The van der Waals surface area contributed by atoms with Gasteiger partial charge in [-0.1, -0.05) is 41.4 Å². The zero-order valence-electron chi connectivity index (χ0n) is 21.4. The smallest absolute Gasteiger partial charge is 0.306 e. The van der Waals surface area contributed by atoms with E-state index in [9.17, 15) is 20.1 Å². The summed E-state index contributed by atoms with van der Waals surface area (Å²) in [5.74, 6) is -0.0116. The van der Waals surface area contributed by atoms with Crippen LogP contribution in [0.1, 0.15) is 49.8 Å². The molecule has 1 aliphatic rings. The Labute approximate surface area is 233 Å². The van der Waals surface area contributed by atoms with E-state index in [4.69, 9.17) is 27.9 Å². The minimum atomic E-state index is -0.686. The number of rotatable bonds is 11. The molecule has 7 nitrogen and oxygen atoms in total. The van der Waals surface area contributed by atoms with Crippen LogP contribution in [0, 0.1) is 11.8 Å². The molecule has 0 unspecified atom stereocenters. The molecule has 3 N–H and O–H groups in total. The van der Waals surface area contributed by atoms with Crippen LogP contribution < -0.4 is 4.74 Å². The van der Waals surface area contributed by atoms with Crippen molar-refractivity contribution in [2.45, 2.75) is 51.7 Å². The molecule has 1 aliphatic carbocycles. The van der Waals surface area contributed by atoms with Gasteiger partial charge < -0.3 is 20.1 Å². The Kier molecular flexibility index (Phi) is 9.47. The van der Waals surface area contributed by atoms with Crippen molar-refractivity contribution in [3.05, 3.63) is 75.8 Å². The standard InChI is InChI=1S/C29H34Cl2N2O5/c1-19(22-7-9-24(30)10-8-22)32(17-20-2-5-23(6-3-20)29(36)37)18-21-4-11-26(25(31)16-21)38-15-14-33-27(34)12-13-28(33)35/h4,7-13,16,19-20,23,34-35H,2-3,5-6,14-15,17-18H2,1H3,(H,36,37)/t19-,20?,23?/m0/s1. The number of aliphatic carboxylic acids is 1. The van der Waals surface area contributed by atoms with Crippen molar-refractivity contribution in [3.8, 4) is 17.5 Å². The van der Waals surface area contributed by atoms with E-state index in [0.29, 0.717) is 28.3 Å². The van der Waals surface area contributed by atoms with Crippen LogP contribution in [0.15, 0.2) is 54.6 Å². The lowest BCUT2D eigenvalue weighted by molar-refractivity contribution is -0.143. The number of hydrogen-bond acceptors (Lipinski definition) is 5. The van der Waals surface area contributed by atoms with Gasteiger partial charge in [-0.05, 0) is 73.9 Å². The molecule has 3 aromatic rings. The molecule has 0 aliphatic heterocycles. The highest BCUT2D eigenvalue weighted by Gasteiger charge is 2.28. The Balaban J connectivity index is 1.43. The lowest BCUT2D eigenvalue weighted by atomic mass is 9.81. The highest BCUT2D eigenvalue weighted by Crippen LogP contribution is 2.34. The van der Waals surface area contributed by atoms with Gasteiger partial charge in [0.1, 0.15) is 12.4 Å². The molecule has 9 heteroatoms. The Morgan fingerprint density at radius 2 is 1.68 bits per heavy atom. The number of halogens is 2. The molecule has 1 aromatic heterocycles. The van der Waals surface area contributed by atoms with Crippen LogP contribution in [0.4, 0.5) is 0 Å². The first-order chi connectivity index (χ1) is 18.2. The maximum atomic E-state index is 11.4. The number of carboxylic acids is 1. The first kappa shape index (κ1) is 28.1. The number of carbonyl (C=O) groups is 1. The van der Waals surface area contributed by atoms with Crippen molar-refractivity contribution in [1.82, 2.24) is 9.47 Å². The first-order valence-electron chi connectivity index (χ1n) is 12.9. The van der Waals surface area contributed by atoms with E-state index in [1.165, 1.54) is 16.7 Å². The highest BCUT2D eigenvalue weighted by atomic mass is 35.5. The Hall–Kier alpha value is -2.87. The van der Waals surface area contributed by atoms with Crippen molar-refractivity contribution < 1.29 is 24.9 Å². The third-order valence-electron chi connectivity index (χ3n) is 7.48. The zero-order valence-corrected chi connectivity index (χ0v) is 22.9. The number of carboxylic acid groups (broad SMARTS) is 1. The molecule has 1 atom stereocenters. The van der Waals surface area contributed by atoms with Crippen LogP contribution in [-0.4, -0.2) is 43.9 Å². The van der Waals surface area contributed by atoms with Gasteiger partial charge in [0.2, 0.25) is 0 Å². The van der Waals surface area contributed by atoms with E-state index < -0.39 is 5.97 Å². The number of nitrogens with zero attached hydrogens (tertiary/aromatic N) is 2. The lowest BCUT2D eigenvalue weighted by Crippen LogP contribution is -2.34. The summed E-state index contributed by atoms with van der Waals surface area (Å²) >= 11 is 12.7. The third kappa shape index (κ3) is 7.16. The lowest BCUT2D eigenvalue weighted by Gasteiger charge is -2.35. The normalized spacial score (nSPS) is 18.4. The van der Waals surface area contributed by atoms with Crippen molar-refractivity contribution in [1.29, 1.82) is 0 Å². The molecule has 4 rings (SSSR count). The topological polar surface area (TPSA) is 95.2 Å². The Bertz CT molecular complexity index is 1200. The summed E-state index contributed by atoms with van der Waals surface area (Å²) in [5, 5.41) is 30.1. The summed E-state index contributed by atoms with van der Waals surface area (Å²) in [4.78, 5) is 13.8. The van der Waals surface area contributed by atoms with Crippen LogP contribution in [-0.2, 0) is 17.9 Å². The number of hydrogen-bond donors (Lipinski definition) is 3. The molecule has 0 saturated heterocycles. The molecular weight excluding hydrogens is 527 g/mol. The zero-order chi connectivity index (χ0) is 27.2. The van der Waals surface area contributed by atoms with E-state index in [2.05, 4.69) is 11.8 Å². The van der Waals surface area contributed by atoms with Crippen LogP contribution in [0.25, 0.3) is 0 Å². The summed E-state index contributed by atoms with van der Waals surface area (Å²) in [6.07, 6.45) is 3.25. The second-order valence-electron chi connectivity index (χ2n) is 10.0. The number of aromatic nitrogens is 1. The van der Waals surface area contributed by atoms with Gasteiger partial charge in [-0.25, -0.2) is 0 Å². The van der Waals surface area contributed by atoms with Crippen molar-refractivity contribution >= 4 is 29.2 Å². The van der Waals surface area contributed by atoms with E-state index >= 15 is 0 Å². The van der Waals surface area contributed by atoms with E-state index in [0.717, 1.165) is 43.4 Å². The number of ether oxygens (including phenoxy) is 1. The van der Waals surface area contributed by atoms with Crippen LogP contribution >= 0.6 is 23.2 Å². The molecule has 204 valence electrons. The minimum Gasteiger partial charge on any atom is -0.494 e. The molecular formula is C29H34Cl2N2O5. The Morgan fingerprint density at radius 3 is 2.29 bits per heavy atom. The van der Waals surface area contributed by atoms with Crippen LogP contribution in [0.5, 0.6) is 17.5 Å². The fourth-order valence-electron chi connectivity index (χ4n) is 5.15. The summed E-state index contributed by atoms with van der Waals surface area (Å²) < 4.78 is 7.16. The monoisotopic (exact) mass is 560 g/mol. The average molecular weight is 562 g/mol. The SMILES string of the molecule is C[C@@H](c1ccc(Cl)cc1)N(Cc1ccc(OCCn2c(O)ccc2O)c(Cl)c1)CC1CCC(C(=O)O)CC1. The van der Waals surface area contributed by atoms with E-state index in [1.807, 2.05) is 42.5 Å². The van der Waals surface area contributed by atoms with Crippen LogP contribution in [0.2, 0.25) is 10.0 Å². The van der Waals surface area contributed by atoms with Gasteiger partial charge in [-0.15, -0.1) is 0 Å². The second kappa shape index (κ2) is 12.8. The van der Waals surface area contributed by atoms with E-state index in [1.54, 1.807) is 0 Å².